The highest BCUT2D eigenvalue weighted by atomic mass is 15.4. The third-order valence-corrected chi connectivity index (χ3v) is 3.61. The number of nitriles is 1. The van der Waals surface area contributed by atoms with Gasteiger partial charge in [0.25, 0.3) is 0 Å². The second-order valence-corrected chi connectivity index (χ2v) is 5.13. The molecule has 108 valence electrons. The van der Waals surface area contributed by atoms with Gasteiger partial charge in [0.15, 0.2) is 5.69 Å². The van der Waals surface area contributed by atoms with Crippen LogP contribution < -0.4 is 0 Å². The maximum absolute atomic E-state index is 9.23. The summed E-state index contributed by atoms with van der Waals surface area (Å²) in [7, 11) is 0. The molecule has 0 N–H and O–H groups in total. The van der Waals surface area contributed by atoms with E-state index in [0.717, 1.165) is 24.1 Å². The predicted octanol–water partition coefficient (Wildman–Crippen LogP) is 2.98. The molecule has 3 aromatic rings. The van der Waals surface area contributed by atoms with E-state index in [1.165, 1.54) is 5.56 Å². The lowest BCUT2D eigenvalue weighted by molar-refractivity contribution is 0.615. The molecule has 1 aromatic heterocycles. The van der Waals surface area contributed by atoms with Gasteiger partial charge in [-0.2, -0.15) is 5.26 Å². The van der Waals surface area contributed by atoms with Gasteiger partial charge in [-0.25, -0.2) is 4.68 Å². The van der Waals surface area contributed by atoms with E-state index < -0.39 is 0 Å². The summed E-state index contributed by atoms with van der Waals surface area (Å²) in [6.07, 6.45) is 1.63. The zero-order chi connectivity index (χ0) is 15.2. The lowest BCUT2D eigenvalue weighted by Crippen LogP contribution is -2.08. The zero-order valence-electron chi connectivity index (χ0n) is 12.2. The first kappa shape index (κ1) is 14.0. The van der Waals surface area contributed by atoms with Crippen LogP contribution in [0.5, 0.6) is 0 Å². The molecular formula is C18H16N4. The first-order valence-corrected chi connectivity index (χ1v) is 7.27. The number of aryl methyl sites for hydroxylation is 1. The fourth-order valence-corrected chi connectivity index (χ4v) is 2.46. The average Bonchev–Trinajstić information content (AvgIpc) is 2.96. The number of hydrogen-bond acceptors (Lipinski definition) is 3. The molecule has 4 heteroatoms. The lowest BCUT2D eigenvalue weighted by Gasteiger charge is -2.07. The molecule has 1 heterocycles. The molecule has 3 rings (SSSR count). The minimum Gasteiger partial charge on any atom is -0.244 e. The Hall–Kier alpha value is -2.93. The predicted molar refractivity (Wildman–Crippen MR) is 84.1 cm³/mol. The van der Waals surface area contributed by atoms with Crippen LogP contribution in [0.4, 0.5) is 0 Å². The van der Waals surface area contributed by atoms with Crippen molar-refractivity contribution in [1.82, 2.24) is 15.0 Å². The standard InChI is InChI=1S/C18H16N4/c19-13-17-18(12-11-15-7-3-1-4-8-15)22(21-20-17)14-16-9-5-2-6-10-16/h1-10H,11-12,14H2. The van der Waals surface area contributed by atoms with E-state index in [4.69, 9.17) is 0 Å². The molecule has 2 aromatic carbocycles. The summed E-state index contributed by atoms with van der Waals surface area (Å²) < 4.78 is 1.83. The van der Waals surface area contributed by atoms with Gasteiger partial charge >= 0.3 is 0 Å². The molecule has 0 saturated carbocycles. The van der Waals surface area contributed by atoms with Gasteiger partial charge in [0.2, 0.25) is 0 Å². The largest absolute Gasteiger partial charge is 0.244 e. The smallest absolute Gasteiger partial charge is 0.185 e. The van der Waals surface area contributed by atoms with E-state index in [1.807, 2.05) is 41.1 Å². The molecular weight excluding hydrogens is 272 g/mol. The molecule has 0 bridgehead atoms. The fraction of sp³-hybridized carbons (Fsp3) is 0.167. The average molecular weight is 288 g/mol. The second-order valence-electron chi connectivity index (χ2n) is 5.13. The molecule has 0 amide bonds. The third kappa shape index (κ3) is 3.21. The Morgan fingerprint density at radius 2 is 1.50 bits per heavy atom. The first-order chi connectivity index (χ1) is 10.9. The maximum atomic E-state index is 9.23. The van der Waals surface area contributed by atoms with E-state index in [-0.39, 0.29) is 0 Å². The summed E-state index contributed by atoms with van der Waals surface area (Å²) >= 11 is 0. The molecule has 0 aliphatic rings. The Morgan fingerprint density at radius 1 is 0.864 bits per heavy atom. The van der Waals surface area contributed by atoms with Crippen LogP contribution in [-0.4, -0.2) is 15.0 Å². The van der Waals surface area contributed by atoms with Gasteiger partial charge < -0.3 is 0 Å². The second kappa shape index (κ2) is 6.68. The highest BCUT2D eigenvalue weighted by Crippen LogP contribution is 2.12. The number of benzene rings is 2. The van der Waals surface area contributed by atoms with Crippen LogP contribution in [-0.2, 0) is 19.4 Å². The Morgan fingerprint density at radius 3 is 2.14 bits per heavy atom. The molecule has 4 nitrogen and oxygen atoms in total. The molecule has 0 saturated heterocycles. The van der Waals surface area contributed by atoms with E-state index >= 15 is 0 Å². The number of rotatable bonds is 5. The number of nitrogens with zero attached hydrogens (tertiary/aromatic N) is 4. The molecule has 22 heavy (non-hydrogen) atoms. The SMILES string of the molecule is N#Cc1nnn(Cc2ccccc2)c1CCc1ccccc1. The Bertz CT molecular complexity index is 770. The van der Waals surface area contributed by atoms with Crippen molar-refractivity contribution < 1.29 is 0 Å². The Labute approximate surface area is 129 Å². The van der Waals surface area contributed by atoms with Gasteiger partial charge in [-0.15, -0.1) is 5.10 Å². The fourth-order valence-electron chi connectivity index (χ4n) is 2.46. The monoisotopic (exact) mass is 288 g/mol. The zero-order valence-corrected chi connectivity index (χ0v) is 12.2. The number of aromatic nitrogens is 3. The third-order valence-electron chi connectivity index (χ3n) is 3.61. The summed E-state index contributed by atoms with van der Waals surface area (Å²) in [6, 6.07) is 22.5. The van der Waals surface area contributed by atoms with Crippen LogP contribution >= 0.6 is 0 Å². The molecule has 0 spiro atoms. The van der Waals surface area contributed by atoms with Gasteiger partial charge in [-0.3, -0.25) is 0 Å². The first-order valence-electron chi connectivity index (χ1n) is 7.27. The summed E-state index contributed by atoms with van der Waals surface area (Å²) in [4.78, 5) is 0. The molecule has 0 atom stereocenters. The summed E-state index contributed by atoms with van der Waals surface area (Å²) in [5, 5.41) is 17.4. The van der Waals surface area contributed by atoms with Crippen molar-refractivity contribution in [3.05, 3.63) is 83.2 Å². The van der Waals surface area contributed by atoms with Gasteiger partial charge in [0.05, 0.1) is 12.2 Å². The summed E-state index contributed by atoms with van der Waals surface area (Å²) in [5.41, 5.74) is 3.72. The van der Waals surface area contributed by atoms with Crippen LogP contribution in [0.2, 0.25) is 0 Å². The van der Waals surface area contributed by atoms with Crippen LogP contribution in [0.25, 0.3) is 0 Å². The maximum Gasteiger partial charge on any atom is 0.185 e. The molecule has 0 radical (unpaired) electrons. The Kier molecular flexibility index (Phi) is 4.26. The highest BCUT2D eigenvalue weighted by Gasteiger charge is 2.12. The van der Waals surface area contributed by atoms with Gasteiger partial charge in [-0.1, -0.05) is 65.9 Å². The normalized spacial score (nSPS) is 10.3. The summed E-state index contributed by atoms with van der Waals surface area (Å²) in [6.45, 7) is 0.639. The van der Waals surface area contributed by atoms with Gasteiger partial charge in [-0.05, 0) is 24.0 Å². The minimum atomic E-state index is 0.423. The Balaban J connectivity index is 1.80. The minimum absolute atomic E-state index is 0.423. The van der Waals surface area contributed by atoms with Gasteiger partial charge in [0, 0.05) is 0 Å². The van der Waals surface area contributed by atoms with Crippen molar-refractivity contribution in [2.24, 2.45) is 0 Å². The van der Waals surface area contributed by atoms with Crippen LogP contribution in [0.15, 0.2) is 60.7 Å². The van der Waals surface area contributed by atoms with E-state index in [2.05, 4.69) is 40.6 Å². The number of hydrogen-bond donors (Lipinski definition) is 0. The van der Waals surface area contributed by atoms with Crippen molar-refractivity contribution >= 4 is 0 Å². The molecule has 0 aliphatic carbocycles. The quantitative estimate of drug-likeness (QED) is 0.725. The van der Waals surface area contributed by atoms with E-state index in [9.17, 15) is 5.26 Å². The van der Waals surface area contributed by atoms with Crippen molar-refractivity contribution in [3.63, 3.8) is 0 Å². The van der Waals surface area contributed by atoms with E-state index in [1.54, 1.807) is 0 Å². The van der Waals surface area contributed by atoms with Crippen LogP contribution in [0.1, 0.15) is 22.5 Å². The molecule has 0 unspecified atom stereocenters. The van der Waals surface area contributed by atoms with Crippen molar-refractivity contribution in [2.75, 3.05) is 0 Å². The molecule has 0 aliphatic heterocycles. The van der Waals surface area contributed by atoms with Crippen molar-refractivity contribution in [2.45, 2.75) is 19.4 Å². The lowest BCUT2D eigenvalue weighted by atomic mass is 10.1. The highest BCUT2D eigenvalue weighted by molar-refractivity contribution is 5.27. The van der Waals surface area contributed by atoms with Gasteiger partial charge in [0.1, 0.15) is 6.07 Å². The molecule has 0 fully saturated rings. The van der Waals surface area contributed by atoms with Crippen LogP contribution in [0.3, 0.4) is 0 Å². The van der Waals surface area contributed by atoms with Crippen molar-refractivity contribution in [1.29, 1.82) is 5.26 Å². The van der Waals surface area contributed by atoms with Crippen molar-refractivity contribution in [3.8, 4) is 6.07 Å². The van der Waals surface area contributed by atoms with E-state index in [0.29, 0.717) is 12.2 Å². The van der Waals surface area contributed by atoms with Crippen LogP contribution in [0, 0.1) is 11.3 Å². The topological polar surface area (TPSA) is 54.5 Å². The summed E-state index contributed by atoms with van der Waals surface area (Å²) in [5.74, 6) is 0.